The van der Waals surface area contributed by atoms with E-state index in [-0.39, 0.29) is 17.4 Å². The Morgan fingerprint density at radius 1 is 1.07 bits per heavy atom. The number of para-hydroxylation sites is 1. The number of halogens is 1. The lowest BCUT2D eigenvalue weighted by molar-refractivity contribution is -0.121. The molecular formula is C21H21ClN4O2. The summed E-state index contributed by atoms with van der Waals surface area (Å²) in [7, 11) is 0. The Bertz CT molecular complexity index is 1060. The van der Waals surface area contributed by atoms with Crippen LogP contribution < -0.4 is 10.9 Å². The van der Waals surface area contributed by atoms with Crippen molar-refractivity contribution >= 4 is 34.1 Å². The van der Waals surface area contributed by atoms with Gasteiger partial charge < -0.3 is 5.32 Å². The van der Waals surface area contributed by atoms with Crippen LogP contribution in [-0.4, -0.2) is 20.9 Å². The molecule has 1 fully saturated rings. The average Bonchev–Trinajstić information content (AvgIpc) is 2.72. The third-order valence-corrected chi connectivity index (χ3v) is 5.74. The highest BCUT2D eigenvalue weighted by Crippen LogP contribution is 2.31. The van der Waals surface area contributed by atoms with E-state index < -0.39 is 0 Å². The highest BCUT2D eigenvalue weighted by molar-refractivity contribution is 6.33. The van der Waals surface area contributed by atoms with Crippen LogP contribution >= 0.6 is 11.6 Å². The van der Waals surface area contributed by atoms with Gasteiger partial charge in [-0.05, 0) is 55.9 Å². The van der Waals surface area contributed by atoms with Crippen LogP contribution in [0.4, 0.5) is 5.69 Å². The number of hydrogen-bond donors (Lipinski definition) is 1. The molecule has 0 aliphatic heterocycles. The minimum Gasteiger partial charge on any atom is -0.325 e. The number of hydrogen-bond acceptors (Lipinski definition) is 4. The topological polar surface area (TPSA) is 76.9 Å². The van der Waals surface area contributed by atoms with Gasteiger partial charge in [-0.1, -0.05) is 41.1 Å². The molecule has 1 heterocycles. The van der Waals surface area contributed by atoms with Crippen molar-refractivity contribution in [1.82, 2.24) is 15.0 Å². The molecule has 0 radical (unpaired) electrons. The summed E-state index contributed by atoms with van der Waals surface area (Å²) in [5.41, 5.74) is 1.15. The fourth-order valence-electron chi connectivity index (χ4n) is 3.79. The van der Waals surface area contributed by atoms with Crippen molar-refractivity contribution in [2.75, 3.05) is 5.32 Å². The van der Waals surface area contributed by atoms with E-state index in [1.807, 2.05) is 24.3 Å². The molecule has 3 aromatic rings. The lowest BCUT2D eigenvalue weighted by Crippen LogP contribution is -2.32. The van der Waals surface area contributed by atoms with E-state index in [4.69, 9.17) is 11.6 Å². The van der Waals surface area contributed by atoms with E-state index >= 15 is 0 Å². The van der Waals surface area contributed by atoms with Crippen molar-refractivity contribution in [1.29, 1.82) is 0 Å². The van der Waals surface area contributed by atoms with Crippen molar-refractivity contribution in [3.05, 3.63) is 63.9 Å². The third-order valence-electron chi connectivity index (χ3n) is 5.41. The maximum Gasteiger partial charge on any atom is 0.277 e. The number of benzene rings is 2. The molecule has 7 heteroatoms. The van der Waals surface area contributed by atoms with E-state index in [2.05, 4.69) is 15.6 Å². The zero-order valence-electron chi connectivity index (χ0n) is 15.3. The van der Waals surface area contributed by atoms with E-state index in [1.165, 1.54) is 4.68 Å². The normalized spacial score (nSPS) is 19.5. The van der Waals surface area contributed by atoms with E-state index in [0.717, 1.165) is 25.7 Å². The minimum atomic E-state index is -0.107. The van der Waals surface area contributed by atoms with Crippen molar-refractivity contribution in [2.45, 2.75) is 32.2 Å². The molecule has 6 nitrogen and oxygen atoms in total. The van der Waals surface area contributed by atoms with Crippen molar-refractivity contribution < 1.29 is 4.79 Å². The summed E-state index contributed by atoms with van der Waals surface area (Å²) in [6.07, 6.45) is 3.33. The first kappa shape index (κ1) is 18.6. The first-order valence-electron chi connectivity index (χ1n) is 9.50. The first-order valence-corrected chi connectivity index (χ1v) is 9.87. The van der Waals surface area contributed by atoms with Gasteiger partial charge in [0.1, 0.15) is 5.52 Å². The Kier molecular flexibility index (Phi) is 5.39. The van der Waals surface area contributed by atoms with Crippen LogP contribution in [0.1, 0.15) is 25.7 Å². The Hall–Kier alpha value is -2.73. The maximum atomic E-state index is 12.6. The maximum absolute atomic E-state index is 12.6. The standard InChI is InChI=1S/C21H21ClN4O2/c22-17-6-2-4-8-19(17)23-20(27)15-11-9-14(10-12-15)13-26-21(28)16-5-1-3-7-18(16)24-25-26/h1-8,14-15H,9-13H2,(H,23,27). The van der Waals surface area contributed by atoms with Crippen LogP contribution in [0.2, 0.25) is 5.02 Å². The van der Waals surface area contributed by atoms with Gasteiger partial charge in [-0.25, -0.2) is 4.68 Å². The number of amides is 1. The van der Waals surface area contributed by atoms with Gasteiger partial charge >= 0.3 is 0 Å². The highest BCUT2D eigenvalue weighted by atomic mass is 35.5. The van der Waals surface area contributed by atoms with Gasteiger partial charge in [-0.15, -0.1) is 5.10 Å². The van der Waals surface area contributed by atoms with E-state index in [1.54, 1.807) is 24.3 Å². The minimum absolute atomic E-state index is 0.00853. The molecule has 0 atom stereocenters. The first-order chi connectivity index (χ1) is 13.6. The Labute approximate surface area is 167 Å². The quantitative estimate of drug-likeness (QED) is 0.725. The largest absolute Gasteiger partial charge is 0.325 e. The van der Waals surface area contributed by atoms with Crippen LogP contribution in [0.3, 0.4) is 0 Å². The number of nitrogens with one attached hydrogen (secondary N) is 1. The summed E-state index contributed by atoms with van der Waals surface area (Å²) in [6, 6.07) is 14.5. The Morgan fingerprint density at radius 3 is 2.57 bits per heavy atom. The predicted octanol–water partition coefficient (Wildman–Crippen LogP) is 3.89. The second-order valence-corrected chi connectivity index (χ2v) is 7.69. The van der Waals surface area contributed by atoms with Gasteiger partial charge in [0.25, 0.3) is 5.56 Å². The van der Waals surface area contributed by atoms with Gasteiger partial charge in [-0.3, -0.25) is 9.59 Å². The van der Waals surface area contributed by atoms with Gasteiger partial charge in [0.2, 0.25) is 5.91 Å². The summed E-state index contributed by atoms with van der Waals surface area (Å²) in [5, 5.41) is 12.3. The Balaban J connectivity index is 1.37. The predicted molar refractivity (Wildman–Crippen MR) is 109 cm³/mol. The zero-order chi connectivity index (χ0) is 19.5. The number of nitrogens with zero attached hydrogens (tertiary/aromatic N) is 3. The third kappa shape index (κ3) is 3.92. The SMILES string of the molecule is O=C(Nc1ccccc1Cl)C1CCC(Cn2nnc3ccccc3c2=O)CC1. The molecule has 2 aromatic carbocycles. The Morgan fingerprint density at radius 2 is 1.79 bits per heavy atom. The highest BCUT2D eigenvalue weighted by Gasteiger charge is 2.27. The number of anilines is 1. The smallest absolute Gasteiger partial charge is 0.277 e. The van der Waals surface area contributed by atoms with E-state index in [0.29, 0.717) is 34.1 Å². The number of rotatable bonds is 4. The molecule has 1 aliphatic carbocycles. The van der Waals surface area contributed by atoms with Gasteiger partial charge in [0.15, 0.2) is 0 Å². The number of fused-ring (bicyclic) bond motifs is 1. The monoisotopic (exact) mass is 396 g/mol. The molecule has 0 spiro atoms. The van der Waals surface area contributed by atoms with Gasteiger partial charge in [0.05, 0.1) is 16.1 Å². The van der Waals surface area contributed by atoms with Gasteiger partial charge in [-0.2, -0.15) is 0 Å². The fraction of sp³-hybridized carbons (Fsp3) is 0.333. The summed E-state index contributed by atoms with van der Waals surface area (Å²) in [6.45, 7) is 0.537. The molecule has 144 valence electrons. The van der Waals surface area contributed by atoms with Crippen molar-refractivity contribution in [3.8, 4) is 0 Å². The molecule has 1 amide bonds. The second-order valence-electron chi connectivity index (χ2n) is 7.28. The number of aromatic nitrogens is 3. The molecular weight excluding hydrogens is 376 g/mol. The lowest BCUT2D eigenvalue weighted by Gasteiger charge is -2.27. The van der Waals surface area contributed by atoms with Crippen LogP contribution in [0, 0.1) is 11.8 Å². The average molecular weight is 397 g/mol. The molecule has 1 saturated carbocycles. The molecule has 0 bridgehead atoms. The number of carbonyl (C=O) groups is 1. The molecule has 1 aromatic heterocycles. The molecule has 0 saturated heterocycles. The van der Waals surface area contributed by atoms with Crippen LogP contribution in [-0.2, 0) is 11.3 Å². The second kappa shape index (κ2) is 8.10. The van der Waals surface area contributed by atoms with Crippen LogP contribution in [0.5, 0.6) is 0 Å². The van der Waals surface area contributed by atoms with E-state index in [9.17, 15) is 9.59 Å². The zero-order valence-corrected chi connectivity index (χ0v) is 16.1. The van der Waals surface area contributed by atoms with Gasteiger partial charge in [0, 0.05) is 12.5 Å². The molecule has 0 unspecified atom stereocenters. The van der Waals surface area contributed by atoms with Crippen LogP contribution in [0.15, 0.2) is 53.3 Å². The fourth-order valence-corrected chi connectivity index (χ4v) is 3.98. The van der Waals surface area contributed by atoms with Crippen molar-refractivity contribution in [2.24, 2.45) is 11.8 Å². The van der Waals surface area contributed by atoms with Crippen LogP contribution in [0.25, 0.3) is 10.9 Å². The number of carbonyl (C=O) groups excluding carboxylic acids is 1. The molecule has 28 heavy (non-hydrogen) atoms. The molecule has 1 N–H and O–H groups in total. The van der Waals surface area contributed by atoms with Crippen molar-refractivity contribution in [3.63, 3.8) is 0 Å². The molecule has 1 aliphatic rings. The summed E-state index contributed by atoms with van der Waals surface area (Å²) in [4.78, 5) is 25.1. The summed E-state index contributed by atoms with van der Waals surface area (Å²) >= 11 is 6.12. The summed E-state index contributed by atoms with van der Waals surface area (Å²) < 4.78 is 1.46. The lowest BCUT2D eigenvalue weighted by atomic mass is 9.81. The summed E-state index contributed by atoms with van der Waals surface area (Å²) in [5.74, 6) is 0.290. The molecule has 4 rings (SSSR count).